The Labute approximate surface area is 104 Å². The van der Waals surface area contributed by atoms with Crippen LogP contribution in [0.1, 0.15) is 5.56 Å². The van der Waals surface area contributed by atoms with E-state index in [4.69, 9.17) is 5.73 Å². The molecule has 17 heavy (non-hydrogen) atoms. The molecule has 0 spiro atoms. The Hall–Kier alpha value is -1.59. The second-order valence-corrected chi connectivity index (χ2v) is 4.84. The van der Waals surface area contributed by atoms with Gasteiger partial charge in [-0.05, 0) is 12.0 Å². The van der Waals surface area contributed by atoms with Crippen LogP contribution in [-0.4, -0.2) is 22.7 Å². The van der Waals surface area contributed by atoms with Gasteiger partial charge < -0.3 is 16.2 Å². The fourth-order valence-electron chi connectivity index (χ4n) is 1.59. The van der Waals surface area contributed by atoms with Gasteiger partial charge in [0.1, 0.15) is 5.00 Å². The van der Waals surface area contributed by atoms with E-state index >= 15 is 0 Å². The molecule has 1 heterocycles. The molecular formula is C12H15N3OS. The maximum absolute atomic E-state index is 9.34. The molecule has 2 aromatic rings. The van der Waals surface area contributed by atoms with Crippen LogP contribution in [-0.2, 0) is 6.42 Å². The average Bonchev–Trinajstić information content (AvgIpc) is 2.75. The molecule has 1 aromatic carbocycles. The highest BCUT2D eigenvalue weighted by Gasteiger charge is 2.10. The van der Waals surface area contributed by atoms with Crippen molar-refractivity contribution in [2.45, 2.75) is 12.5 Å². The SMILES string of the molecule is Nc1cnc(NC(CO)Cc2ccccc2)s1. The molecule has 1 unspecified atom stereocenters. The molecule has 1 aromatic heterocycles. The van der Waals surface area contributed by atoms with E-state index in [1.807, 2.05) is 30.3 Å². The minimum atomic E-state index is -0.0389. The number of anilines is 2. The van der Waals surface area contributed by atoms with E-state index in [1.165, 1.54) is 16.9 Å². The third kappa shape index (κ3) is 3.44. The quantitative estimate of drug-likeness (QED) is 0.755. The predicted molar refractivity (Wildman–Crippen MR) is 71.2 cm³/mol. The van der Waals surface area contributed by atoms with E-state index in [1.54, 1.807) is 6.20 Å². The van der Waals surface area contributed by atoms with Gasteiger partial charge in [-0.15, -0.1) is 0 Å². The Morgan fingerprint density at radius 1 is 1.35 bits per heavy atom. The van der Waals surface area contributed by atoms with Crippen LogP contribution in [0.2, 0.25) is 0 Å². The van der Waals surface area contributed by atoms with Crippen molar-refractivity contribution in [3.8, 4) is 0 Å². The van der Waals surface area contributed by atoms with Gasteiger partial charge in [-0.25, -0.2) is 4.98 Å². The highest BCUT2D eigenvalue weighted by molar-refractivity contribution is 7.19. The van der Waals surface area contributed by atoms with Crippen LogP contribution < -0.4 is 11.1 Å². The minimum absolute atomic E-state index is 0.0389. The molecule has 5 heteroatoms. The molecule has 0 fully saturated rings. The van der Waals surface area contributed by atoms with E-state index in [0.717, 1.165) is 11.6 Å². The zero-order valence-corrected chi connectivity index (χ0v) is 10.2. The van der Waals surface area contributed by atoms with E-state index in [9.17, 15) is 5.11 Å². The number of thiazole rings is 1. The van der Waals surface area contributed by atoms with Crippen LogP contribution in [0.25, 0.3) is 0 Å². The number of aliphatic hydroxyl groups is 1. The minimum Gasteiger partial charge on any atom is -0.394 e. The number of aromatic nitrogens is 1. The summed E-state index contributed by atoms with van der Waals surface area (Å²) in [5.74, 6) is 0. The van der Waals surface area contributed by atoms with E-state index in [0.29, 0.717) is 5.00 Å². The Kier molecular flexibility index (Phi) is 3.95. The monoisotopic (exact) mass is 249 g/mol. The fraction of sp³-hybridized carbons (Fsp3) is 0.250. The fourth-order valence-corrected chi connectivity index (χ4v) is 2.25. The van der Waals surface area contributed by atoms with Gasteiger partial charge in [0.05, 0.1) is 18.8 Å². The lowest BCUT2D eigenvalue weighted by Crippen LogP contribution is -2.26. The normalized spacial score (nSPS) is 12.3. The van der Waals surface area contributed by atoms with Gasteiger partial charge in [-0.1, -0.05) is 41.7 Å². The van der Waals surface area contributed by atoms with Crippen molar-refractivity contribution >= 4 is 21.5 Å². The number of rotatable bonds is 5. The van der Waals surface area contributed by atoms with Crippen molar-refractivity contribution in [1.29, 1.82) is 0 Å². The lowest BCUT2D eigenvalue weighted by molar-refractivity contribution is 0.273. The number of aliphatic hydroxyl groups excluding tert-OH is 1. The molecule has 1 atom stereocenters. The molecule has 0 aliphatic heterocycles. The van der Waals surface area contributed by atoms with Crippen molar-refractivity contribution in [2.75, 3.05) is 17.7 Å². The number of nitrogens with two attached hydrogens (primary N) is 1. The van der Waals surface area contributed by atoms with Gasteiger partial charge in [-0.2, -0.15) is 0 Å². The third-order valence-corrected chi connectivity index (χ3v) is 3.15. The first kappa shape index (κ1) is 11.9. The second kappa shape index (κ2) is 5.65. The molecule has 2 rings (SSSR count). The number of nitrogens with one attached hydrogen (secondary N) is 1. The lowest BCUT2D eigenvalue weighted by atomic mass is 10.1. The molecule has 0 aliphatic carbocycles. The van der Waals surface area contributed by atoms with Gasteiger partial charge in [-0.3, -0.25) is 0 Å². The van der Waals surface area contributed by atoms with Gasteiger partial charge >= 0.3 is 0 Å². The average molecular weight is 249 g/mol. The Morgan fingerprint density at radius 3 is 2.71 bits per heavy atom. The summed E-state index contributed by atoms with van der Waals surface area (Å²) >= 11 is 1.39. The number of hydrogen-bond acceptors (Lipinski definition) is 5. The van der Waals surface area contributed by atoms with Crippen molar-refractivity contribution < 1.29 is 5.11 Å². The maximum Gasteiger partial charge on any atom is 0.184 e. The Balaban J connectivity index is 1.98. The zero-order chi connectivity index (χ0) is 12.1. The molecule has 0 saturated heterocycles. The van der Waals surface area contributed by atoms with Crippen molar-refractivity contribution in [2.24, 2.45) is 0 Å². The van der Waals surface area contributed by atoms with Gasteiger partial charge in [0.15, 0.2) is 5.13 Å². The summed E-state index contributed by atoms with van der Waals surface area (Å²) in [6, 6.07) is 10.0. The predicted octanol–water partition coefficient (Wildman–Crippen LogP) is 1.74. The highest BCUT2D eigenvalue weighted by Crippen LogP contribution is 2.20. The summed E-state index contributed by atoms with van der Waals surface area (Å²) in [7, 11) is 0. The largest absolute Gasteiger partial charge is 0.394 e. The first-order valence-corrected chi connectivity index (χ1v) is 6.22. The molecule has 0 bridgehead atoms. The molecular weight excluding hydrogens is 234 g/mol. The number of benzene rings is 1. The summed E-state index contributed by atoms with van der Waals surface area (Å²) < 4.78 is 0. The van der Waals surface area contributed by atoms with Crippen LogP contribution >= 0.6 is 11.3 Å². The number of hydrogen-bond donors (Lipinski definition) is 3. The van der Waals surface area contributed by atoms with Crippen molar-refractivity contribution in [3.63, 3.8) is 0 Å². The molecule has 0 radical (unpaired) electrons. The van der Waals surface area contributed by atoms with Crippen LogP contribution in [0.15, 0.2) is 36.5 Å². The first-order chi connectivity index (χ1) is 8.28. The molecule has 0 amide bonds. The Bertz CT molecular complexity index is 458. The topological polar surface area (TPSA) is 71.2 Å². The van der Waals surface area contributed by atoms with Gasteiger partial charge in [0.2, 0.25) is 0 Å². The maximum atomic E-state index is 9.34. The van der Waals surface area contributed by atoms with Crippen LogP contribution in [0.5, 0.6) is 0 Å². The smallest absolute Gasteiger partial charge is 0.184 e. The number of nitrogen functional groups attached to an aromatic ring is 1. The third-order valence-electron chi connectivity index (χ3n) is 2.40. The molecule has 90 valence electrons. The van der Waals surface area contributed by atoms with Gasteiger partial charge in [0, 0.05) is 0 Å². The zero-order valence-electron chi connectivity index (χ0n) is 9.34. The summed E-state index contributed by atoms with van der Waals surface area (Å²) in [4.78, 5) is 4.12. The standard InChI is InChI=1S/C12H15N3OS/c13-11-7-14-12(17-11)15-10(8-16)6-9-4-2-1-3-5-9/h1-5,7,10,16H,6,8,13H2,(H,14,15). The van der Waals surface area contributed by atoms with Crippen LogP contribution in [0.4, 0.5) is 10.1 Å². The van der Waals surface area contributed by atoms with Crippen LogP contribution in [0.3, 0.4) is 0 Å². The molecule has 4 N–H and O–H groups in total. The van der Waals surface area contributed by atoms with E-state index in [2.05, 4.69) is 10.3 Å². The first-order valence-electron chi connectivity index (χ1n) is 5.40. The van der Waals surface area contributed by atoms with E-state index < -0.39 is 0 Å². The van der Waals surface area contributed by atoms with Crippen molar-refractivity contribution in [3.05, 3.63) is 42.1 Å². The molecule has 0 saturated carbocycles. The summed E-state index contributed by atoms with van der Waals surface area (Å²) in [6.45, 7) is 0.0639. The second-order valence-electron chi connectivity index (χ2n) is 3.78. The molecule has 4 nitrogen and oxygen atoms in total. The summed E-state index contributed by atoms with van der Waals surface area (Å²) in [5, 5.41) is 13.9. The highest BCUT2D eigenvalue weighted by atomic mass is 32.1. The van der Waals surface area contributed by atoms with E-state index in [-0.39, 0.29) is 12.6 Å². The summed E-state index contributed by atoms with van der Waals surface area (Å²) in [5.41, 5.74) is 6.79. The number of nitrogens with zero attached hydrogens (tertiary/aromatic N) is 1. The van der Waals surface area contributed by atoms with Crippen molar-refractivity contribution in [1.82, 2.24) is 4.98 Å². The van der Waals surface area contributed by atoms with Gasteiger partial charge in [0.25, 0.3) is 0 Å². The lowest BCUT2D eigenvalue weighted by Gasteiger charge is -2.15. The Morgan fingerprint density at radius 2 is 2.12 bits per heavy atom. The van der Waals surface area contributed by atoms with Crippen LogP contribution in [0, 0.1) is 0 Å². The summed E-state index contributed by atoms with van der Waals surface area (Å²) in [6.07, 6.45) is 2.38. The molecule has 0 aliphatic rings.